The number of para-hydroxylation sites is 1. The number of halogens is 1. The molecule has 22 heavy (non-hydrogen) atoms. The summed E-state index contributed by atoms with van der Waals surface area (Å²) in [4.78, 5) is 25.4. The number of hydrogen-bond donors (Lipinski definition) is 1. The van der Waals surface area contributed by atoms with Gasteiger partial charge in [0.1, 0.15) is 5.25 Å². The molecule has 1 aromatic rings. The van der Waals surface area contributed by atoms with Gasteiger partial charge in [-0.25, -0.2) is 0 Å². The van der Waals surface area contributed by atoms with Gasteiger partial charge in [0, 0.05) is 19.0 Å². The highest BCUT2D eigenvalue weighted by Gasteiger charge is 2.40. The molecule has 2 aliphatic rings. The van der Waals surface area contributed by atoms with Crippen LogP contribution < -0.4 is 10.2 Å². The van der Waals surface area contributed by atoms with E-state index in [2.05, 4.69) is 5.32 Å². The van der Waals surface area contributed by atoms with Crippen molar-refractivity contribution in [3.63, 3.8) is 0 Å². The van der Waals surface area contributed by atoms with Gasteiger partial charge >= 0.3 is 10.2 Å². The van der Waals surface area contributed by atoms with Gasteiger partial charge in [-0.3, -0.25) is 9.59 Å². The first-order chi connectivity index (χ1) is 10.4. The minimum absolute atomic E-state index is 0.161. The first-order valence-corrected chi connectivity index (χ1v) is 8.44. The van der Waals surface area contributed by atoms with Crippen molar-refractivity contribution in [2.45, 2.75) is 30.6 Å². The maximum atomic E-state index is 13.1. The van der Waals surface area contributed by atoms with Gasteiger partial charge in [0.25, 0.3) is 5.91 Å². The molecule has 1 aliphatic carbocycles. The molecule has 2 fully saturated rings. The van der Waals surface area contributed by atoms with Crippen LogP contribution in [-0.4, -0.2) is 38.1 Å². The fourth-order valence-electron chi connectivity index (χ4n) is 2.49. The van der Waals surface area contributed by atoms with Crippen molar-refractivity contribution < 1.29 is 21.9 Å². The van der Waals surface area contributed by atoms with Crippen LogP contribution in [0.4, 0.5) is 9.57 Å². The molecule has 0 spiro atoms. The molecule has 118 valence electrons. The first-order valence-electron chi connectivity index (χ1n) is 7.00. The molecule has 1 N–H and O–H groups in total. The molecule has 1 saturated heterocycles. The van der Waals surface area contributed by atoms with Gasteiger partial charge in [-0.05, 0) is 25.0 Å². The zero-order valence-corrected chi connectivity index (χ0v) is 12.5. The Labute approximate surface area is 127 Å². The number of amides is 2. The number of anilines is 1. The van der Waals surface area contributed by atoms with E-state index < -0.39 is 27.8 Å². The third-order valence-electron chi connectivity index (χ3n) is 3.84. The van der Waals surface area contributed by atoms with Gasteiger partial charge in [0.05, 0.1) is 11.3 Å². The highest BCUT2D eigenvalue weighted by molar-refractivity contribution is 7.87. The SMILES string of the molecule is O=C(NC1CC1)c1ccccc1N1CC(S(=O)(=O)F)CC1=O. The minimum Gasteiger partial charge on any atom is -0.349 e. The third kappa shape index (κ3) is 2.96. The monoisotopic (exact) mass is 326 g/mol. The highest BCUT2D eigenvalue weighted by atomic mass is 32.3. The van der Waals surface area contributed by atoms with E-state index in [1.54, 1.807) is 24.3 Å². The summed E-state index contributed by atoms with van der Waals surface area (Å²) in [5, 5.41) is 1.45. The number of rotatable bonds is 4. The molecule has 1 aromatic carbocycles. The average molecular weight is 326 g/mol. The molecule has 1 heterocycles. The van der Waals surface area contributed by atoms with Crippen molar-refractivity contribution in [2.24, 2.45) is 0 Å². The zero-order chi connectivity index (χ0) is 15.9. The van der Waals surface area contributed by atoms with E-state index in [0.717, 1.165) is 12.8 Å². The van der Waals surface area contributed by atoms with E-state index in [0.29, 0.717) is 11.3 Å². The van der Waals surface area contributed by atoms with Crippen LogP contribution in [0.2, 0.25) is 0 Å². The van der Waals surface area contributed by atoms with Gasteiger partial charge < -0.3 is 10.2 Å². The van der Waals surface area contributed by atoms with Gasteiger partial charge in [-0.1, -0.05) is 12.1 Å². The maximum Gasteiger partial charge on any atom is 0.307 e. The number of benzene rings is 1. The van der Waals surface area contributed by atoms with E-state index in [1.807, 2.05) is 0 Å². The van der Waals surface area contributed by atoms with E-state index in [1.165, 1.54) is 4.90 Å². The van der Waals surface area contributed by atoms with Crippen molar-refractivity contribution in [1.29, 1.82) is 0 Å². The van der Waals surface area contributed by atoms with Gasteiger partial charge in [0.15, 0.2) is 0 Å². The number of nitrogens with zero attached hydrogens (tertiary/aromatic N) is 1. The number of hydrogen-bond acceptors (Lipinski definition) is 4. The van der Waals surface area contributed by atoms with Crippen molar-refractivity contribution in [1.82, 2.24) is 5.32 Å². The fourth-order valence-corrected chi connectivity index (χ4v) is 3.16. The highest BCUT2D eigenvalue weighted by Crippen LogP contribution is 2.29. The van der Waals surface area contributed by atoms with Crippen molar-refractivity contribution >= 4 is 27.7 Å². The molecule has 1 unspecified atom stereocenters. The molecule has 0 bridgehead atoms. The molecule has 2 amide bonds. The lowest BCUT2D eigenvalue weighted by atomic mass is 10.1. The molecule has 1 aliphatic heterocycles. The van der Waals surface area contributed by atoms with Crippen LogP contribution in [0, 0.1) is 0 Å². The Morgan fingerprint density at radius 1 is 1.27 bits per heavy atom. The molecule has 8 heteroatoms. The largest absolute Gasteiger partial charge is 0.349 e. The first kappa shape index (κ1) is 15.0. The van der Waals surface area contributed by atoms with E-state index in [4.69, 9.17) is 0 Å². The topological polar surface area (TPSA) is 83.6 Å². The Bertz CT molecular complexity index is 730. The van der Waals surface area contributed by atoms with Gasteiger partial charge in [-0.15, -0.1) is 3.89 Å². The normalized spacial score (nSPS) is 22.0. The summed E-state index contributed by atoms with van der Waals surface area (Å²) in [5.74, 6) is -0.810. The molecule has 1 saturated carbocycles. The fraction of sp³-hybridized carbons (Fsp3) is 0.429. The smallest absolute Gasteiger partial charge is 0.307 e. The summed E-state index contributed by atoms with van der Waals surface area (Å²) < 4.78 is 35.1. The minimum atomic E-state index is -4.78. The van der Waals surface area contributed by atoms with Crippen LogP contribution >= 0.6 is 0 Å². The Morgan fingerprint density at radius 3 is 2.55 bits per heavy atom. The summed E-state index contributed by atoms with van der Waals surface area (Å²) in [6.07, 6.45) is 1.45. The van der Waals surface area contributed by atoms with Crippen LogP contribution in [0.25, 0.3) is 0 Å². The molecule has 1 atom stereocenters. The second kappa shape index (κ2) is 5.35. The maximum absolute atomic E-state index is 13.1. The van der Waals surface area contributed by atoms with E-state index in [-0.39, 0.29) is 18.5 Å². The Hall–Kier alpha value is -1.96. The van der Waals surface area contributed by atoms with E-state index >= 15 is 0 Å². The van der Waals surface area contributed by atoms with Crippen LogP contribution in [-0.2, 0) is 15.0 Å². The molecular weight excluding hydrogens is 311 g/mol. The predicted molar refractivity (Wildman–Crippen MR) is 77.7 cm³/mol. The molecule has 0 aromatic heterocycles. The lowest BCUT2D eigenvalue weighted by Crippen LogP contribution is -2.31. The third-order valence-corrected chi connectivity index (χ3v) is 4.95. The van der Waals surface area contributed by atoms with Crippen molar-refractivity contribution in [3.05, 3.63) is 29.8 Å². The second-order valence-corrected chi connectivity index (χ2v) is 7.19. The number of carbonyl (C=O) groups is 2. The summed E-state index contributed by atoms with van der Waals surface area (Å²) in [7, 11) is -4.78. The molecule has 3 rings (SSSR count). The lowest BCUT2D eigenvalue weighted by Gasteiger charge is -2.19. The summed E-state index contributed by atoms with van der Waals surface area (Å²) in [5.41, 5.74) is 0.608. The Kier molecular flexibility index (Phi) is 3.64. The summed E-state index contributed by atoms with van der Waals surface area (Å²) >= 11 is 0. The molecule has 6 nitrogen and oxygen atoms in total. The molecule has 0 radical (unpaired) electrons. The quantitative estimate of drug-likeness (QED) is 0.836. The van der Waals surface area contributed by atoms with Crippen molar-refractivity contribution in [2.75, 3.05) is 11.4 Å². The van der Waals surface area contributed by atoms with Crippen molar-refractivity contribution in [3.8, 4) is 0 Å². The summed E-state index contributed by atoms with van der Waals surface area (Å²) in [6, 6.07) is 6.60. The standard InChI is InChI=1S/C14H15FN2O4S/c15-22(20,21)10-7-13(18)17(8-10)12-4-2-1-3-11(12)14(19)16-9-5-6-9/h1-4,9-10H,5-8H2,(H,16,19). The van der Waals surface area contributed by atoms with Crippen LogP contribution in [0.5, 0.6) is 0 Å². The van der Waals surface area contributed by atoms with Crippen LogP contribution in [0.3, 0.4) is 0 Å². The zero-order valence-electron chi connectivity index (χ0n) is 11.7. The Morgan fingerprint density at radius 2 is 1.95 bits per heavy atom. The average Bonchev–Trinajstić information content (AvgIpc) is 3.17. The lowest BCUT2D eigenvalue weighted by molar-refractivity contribution is -0.117. The summed E-state index contributed by atoms with van der Waals surface area (Å²) in [6.45, 7) is -0.272. The molecular formula is C14H15FN2O4S. The Balaban J connectivity index is 1.88. The number of carbonyl (C=O) groups excluding carboxylic acids is 2. The predicted octanol–water partition coefficient (Wildman–Crippen LogP) is 0.983. The number of nitrogens with one attached hydrogen (secondary N) is 1. The second-order valence-electron chi connectivity index (χ2n) is 5.57. The van der Waals surface area contributed by atoms with Crippen LogP contribution in [0.15, 0.2) is 24.3 Å². The van der Waals surface area contributed by atoms with E-state index in [9.17, 15) is 21.9 Å². The van der Waals surface area contributed by atoms with Gasteiger partial charge in [0.2, 0.25) is 5.91 Å². The van der Waals surface area contributed by atoms with Gasteiger partial charge in [-0.2, -0.15) is 8.42 Å². The van der Waals surface area contributed by atoms with Crippen LogP contribution in [0.1, 0.15) is 29.6 Å².